The van der Waals surface area contributed by atoms with Gasteiger partial charge in [0.05, 0.1) is 0 Å². The predicted molar refractivity (Wildman–Crippen MR) is 112 cm³/mol. The minimum atomic E-state index is 0.788. The van der Waals surface area contributed by atoms with Crippen LogP contribution in [0, 0.1) is 13.8 Å². The molecule has 1 aromatic heterocycles. The van der Waals surface area contributed by atoms with Crippen molar-refractivity contribution >= 4 is 23.1 Å². The Morgan fingerprint density at radius 1 is 0.815 bits per heavy atom. The summed E-state index contributed by atoms with van der Waals surface area (Å²) in [4.78, 5) is 13.9. The standard InChI is InChI=1S/C22H25N5/c1-17-6-8-19(9-7-17)24-21-10-11-23-22(25-21)27-14-12-26(13-15-27)20-5-3-4-18(2)16-20/h3-11,16H,12-15H2,1-2H3,(H,23,24,25). The molecule has 138 valence electrons. The van der Waals surface area contributed by atoms with Gasteiger partial charge < -0.3 is 15.1 Å². The van der Waals surface area contributed by atoms with Crippen LogP contribution in [0.4, 0.5) is 23.1 Å². The SMILES string of the molecule is Cc1ccc(Nc2ccnc(N3CCN(c4cccc(C)c4)CC3)n2)cc1. The van der Waals surface area contributed by atoms with Crippen molar-refractivity contribution in [1.29, 1.82) is 0 Å². The highest BCUT2D eigenvalue weighted by Crippen LogP contribution is 2.21. The summed E-state index contributed by atoms with van der Waals surface area (Å²) in [5, 5.41) is 3.36. The van der Waals surface area contributed by atoms with E-state index in [2.05, 4.69) is 82.5 Å². The first kappa shape index (κ1) is 17.3. The van der Waals surface area contributed by atoms with Crippen molar-refractivity contribution in [3.63, 3.8) is 0 Å². The molecule has 1 saturated heterocycles. The van der Waals surface area contributed by atoms with Crippen LogP contribution >= 0.6 is 0 Å². The number of benzene rings is 2. The van der Waals surface area contributed by atoms with Gasteiger partial charge >= 0.3 is 0 Å². The lowest BCUT2D eigenvalue weighted by Crippen LogP contribution is -2.47. The monoisotopic (exact) mass is 359 g/mol. The second kappa shape index (κ2) is 7.66. The van der Waals surface area contributed by atoms with E-state index >= 15 is 0 Å². The summed E-state index contributed by atoms with van der Waals surface area (Å²) in [5.74, 6) is 1.61. The van der Waals surface area contributed by atoms with E-state index < -0.39 is 0 Å². The number of rotatable bonds is 4. The Hall–Kier alpha value is -3.08. The second-order valence-corrected chi connectivity index (χ2v) is 7.05. The van der Waals surface area contributed by atoms with Gasteiger partial charge in [0.2, 0.25) is 5.95 Å². The van der Waals surface area contributed by atoms with Gasteiger partial charge in [0.15, 0.2) is 0 Å². The third-order valence-corrected chi connectivity index (χ3v) is 4.90. The van der Waals surface area contributed by atoms with Crippen molar-refractivity contribution in [2.24, 2.45) is 0 Å². The highest BCUT2D eigenvalue weighted by molar-refractivity contribution is 5.57. The van der Waals surface area contributed by atoms with E-state index in [4.69, 9.17) is 4.98 Å². The zero-order valence-electron chi connectivity index (χ0n) is 15.9. The number of nitrogens with zero attached hydrogens (tertiary/aromatic N) is 4. The Morgan fingerprint density at radius 2 is 1.56 bits per heavy atom. The molecule has 3 aromatic rings. The first-order valence-electron chi connectivity index (χ1n) is 9.41. The summed E-state index contributed by atoms with van der Waals surface area (Å²) in [6.45, 7) is 8.01. The van der Waals surface area contributed by atoms with Crippen LogP contribution in [-0.2, 0) is 0 Å². The maximum absolute atomic E-state index is 4.71. The first-order valence-corrected chi connectivity index (χ1v) is 9.41. The van der Waals surface area contributed by atoms with Gasteiger partial charge in [0.25, 0.3) is 0 Å². The number of anilines is 4. The van der Waals surface area contributed by atoms with Crippen molar-refractivity contribution < 1.29 is 0 Å². The molecular formula is C22H25N5. The minimum absolute atomic E-state index is 0.788. The lowest BCUT2D eigenvalue weighted by atomic mass is 10.2. The summed E-state index contributed by atoms with van der Waals surface area (Å²) < 4.78 is 0. The van der Waals surface area contributed by atoms with Crippen LogP contribution in [0.1, 0.15) is 11.1 Å². The molecular weight excluding hydrogens is 334 g/mol. The number of aromatic nitrogens is 2. The lowest BCUT2D eigenvalue weighted by Gasteiger charge is -2.36. The van der Waals surface area contributed by atoms with Crippen LogP contribution in [0.3, 0.4) is 0 Å². The molecule has 5 heteroatoms. The van der Waals surface area contributed by atoms with Crippen LogP contribution in [-0.4, -0.2) is 36.1 Å². The molecule has 1 aliphatic rings. The van der Waals surface area contributed by atoms with E-state index in [1.807, 2.05) is 12.3 Å². The largest absolute Gasteiger partial charge is 0.368 e. The quantitative estimate of drug-likeness (QED) is 0.758. The van der Waals surface area contributed by atoms with Gasteiger partial charge in [-0.05, 0) is 49.7 Å². The molecule has 2 heterocycles. The van der Waals surface area contributed by atoms with Gasteiger partial charge in [-0.15, -0.1) is 0 Å². The smallest absolute Gasteiger partial charge is 0.227 e. The fourth-order valence-electron chi connectivity index (χ4n) is 3.34. The molecule has 1 aliphatic heterocycles. The number of nitrogens with one attached hydrogen (secondary N) is 1. The fourth-order valence-corrected chi connectivity index (χ4v) is 3.34. The number of hydrogen-bond acceptors (Lipinski definition) is 5. The maximum Gasteiger partial charge on any atom is 0.227 e. The zero-order chi connectivity index (χ0) is 18.6. The normalized spacial score (nSPS) is 14.3. The summed E-state index contributed by atoms with van der Waals surface area (Å²) in [6, 6.07) is 18.9. The van der Waals surface area contributed by atoms with Crippen molar-refractivity contribution in [3.05, 3.63) is 71.9 Å². The fraction of sp³-hybridized carbons (Fsp3) is 0.273. The molecule has 4 rings (SSSR count). The molecule has 0 bridgehead atoms. The molecule has 0 unspecified atom stereocenters. The number of piperazine rings is 1. The number of hydrogen-bond donors (Lipinski definition) is 1. The van der Waals surface area contributed by atoms with E-state index in [0.717, 1.165) is 43.6 Å². The van der Waals surface area contributed by atoms with E-state index in [-0.39, 0.29) is 0 Å². The molecule has 1 fully saturated rings. The van der Waals surface area contributed by atoms with E-state index in [0.29, 0.717) is 0 Å². The van der Waals surface area contributed by atoms with E-state index in [9.17, 15) is 0 Å². The van der Waals surface area contributed by atoms with E-state index in [1.54, 1.807) is 0 Å². The summed E-state index contributed by atoms with van der Waals surface area (Å²) in [7, 11) is 0. The average Bonchev–Trinajstić information content (AvgIpc) is 2.70. The topological polar surface area (TPSA) is 44.3 Å². The summed E-state index contributed by atoms with van der Waals surface area (Å²) in [5.41, 5.74) is 4.88. The number of aryl methyl sites for hydroxylation is 2. The summed E-state index contributed by atoms with van der Waals surface area (Å²) >= 11 is 0. The van der Waals surface area contributed by atoms with Crippen molar-refractivity contribution in [2.75, 3.05) is 41.3 Å². The van der Waals surface area contributed by atoms with Crippen molar-refractivity contribution in [1.82, 2.24) is 9.97 Å². The zero-order valence-corrected chi connectivity index (χ0v) is 15.9. The Kier molecular flexibility index (Phi) is 4.92. The Bertz CT molecular complexity index is 899. The Morgan fingerprint density at radius 3 is 2.30 bits per heavy atom. The molecule has 2 aromatic carbocycles. The first-order chi connectivity index (χ1) is 13.2. The predicted octanol–water partition coefficient (Wildman–Crippen LogP) is 4.16. The molecule has 5 nitrogen and oxygen atoms in total. The van der Waals surface area contributed by atoms with Crippen LogP contribution in [0.25, 0.3) is 0 Å². The molecule has 1 N–H and O–H groups in total. The van der Waals surface area contributed by atoms with Gasteiger partial charge in [-0.25, -0.2) is 4.98 Å². The van der Waals surface area contributed by atoms with Gasteiger partial charge in [-0.2, -0.15) is 4.98 Å². The van der Waals surface area contributed by atoms with E-state index in [1.165, 1.54) is 16.8 Å². The maximum atomic E-state index is 4.71. The highest BCUT2D eigenvalue weighted by Gasteiger charge is 2.19. The lowest BCUT2D eigenvalue weighted by molar-refractivity contribution is 0.640. The van der Waals surface area contributed by atoms with Gasteiger partial charge in [-0.3, -0.25) is 0 Å². The van der Waals surface area contributed by atoms with Crippen LogP contribution in [0.2, 0.25) is 0 Å². The Labute approximate surface area is 160 Å². The second-order valence-electron chi connectivity index (χ2n) is 7.05. The van der Waals surface area contributed by atoms with Gasteiger partial charge in [0, 0.05) is 43.8 Å². The molecule has 27 heavy (non-hydrogen) atoms. The van der Waals surface area contributed by atoms with Crippen molar-refractivity contribution in [3.8, 4) is 0 Å². The van der Waals surface area contributed by atoms with Gasteiger partial charge in [0.1, 0.15) is 5.82 Å². The molecule has 0 amide bonds. The summed E-state index contributed by atoms with van der Waals surface area (Å²) in [6.07, 6.45) is 1.83. The minimum Gasteiger partial charge on any atom is -0.368 e. The average molecular weight is 359 g/mol. The van der Waals surface area contributed by atoms with Crippen LogP contribution in [0.15, 0.2) is 60.8 Å². The highest BCUT2D eigenvalue weighted by atomic mass is 15.3. The Balaban J connectivity index is 1.42. The van der Waals surface area contributed by atoms with Crippen LogP contribution < -0.4 is 15.1 Å². The third-order valence-electron chi connectivity index (χ3n) is 4.90. The van der Waals surface area contributed by atoms with Crippen LogP contribution in [0.5, 0.6) is 0 Å². The molecule has 0 aliphatic carbocycles. The molecule has 0 radical (unpaired) electrons. The molecule has 0 atom stereocenters. The molecule has 0 saturated carbocycles. The third kappa shape index (κ3) is 4.19. The van der Waals surface area contributed by atoms with Crippen molar-refractivity contribution in [2.45, 2.75) is 13.8 Å². The van der Waals surface area contributed by atoms with Gasteiger partial charge in [-0.1, -0.05) is 29.8 Å². The molecule has 0 spiro atoms.